The van der Waals surface area contributed by atoms with Crippen LogP contribution in [0.3, 0.4) is 0 Å². The molecule has 46 heavy (non-hydrogen) atoms. The Hall–Kier alpha value is -1.78. The van der Waals surface area contributed by atoms with Crippen LogP contribution in [0.1, 0.15) is 99.8 Å². The summed E-state index contributed by atoms with van der Waals surface area (Å²) in [5.74, 6) is -0.193. The summed E-state index contributed by atoms with van der Waals surface area (Å²) in [7, 11) is 0. The summed E-state index contributed by atoms with van der Waals surface area (Å²) in [6, 6.07) is 0. The SMILES string of the molecule is C=C(CCC(C(=O)O)C1CCC2C3=CCC4C(C)C(OC5OC(C)C(O)C(O)C5O)C(OC(C)=O)CC4(C)C3CCC21C)C(C)C. The van der Waals surface area contributed by atoms with Crippen LogP contribution < -0.4 is 0 Å². The van der Waals surface area contributed by atoms with E-state index in [2.05, 4.69) is 47.3 Å². The van der Waals surface area contributed by atoms with E-state index < -0.39 is 54.9 Å². The van der Waals surface area contributed by atoms with Gasteiger partial charge in [0.15, 0.2) is 6.29 Å². The third-order valence-electron chi connectivity index (χ3n) is 13.4. The number of allylic oxidation sites excluding steroid dienone is 3. The van der Waals surface area contributed by atoms with Gasteiger partial charge in [0, 0.05) is 6.92 Å². The molecule has 1 aliphatic heterocycles. The fraction of sp³-hybridized carbons (Fsp3) is 0.838. The van der Waals surface area contributed by atoms with Gasteiger partial charge in [-0.1, -0.05) is 58.4 Å². The molecule has 0 aromatic heterocycles. The lowest BCUT2D eigenvalue weighted by Crippen LogP contribution is -2.62. The quantitative estimate of drug-likeness (QED) is 0.195. The highest BCUT2D eigenvalue weighted by atomic mass is 16.7. The number of carboxylic acid groups (broad SMARTS) is 1. The lowest BCUT2D eigenvalue weighted by molar-refractivity contribution is -0.323. The van der Waals surface area contributed by atoms with Crippen LogP contribution >= 0.6 is 0 Å². The molecule has 1 heterocycles. The van der Waals surface area contributed by atoms with Crippen molar-refractivity contribution in [3.63, 3.8) is 0 Å². The molecule has 9 nitrogen and oxygen atoms in total. The highest BCUT2D eigenvalue weighted by molar-refractivity contribution is 5.70. The van der Waals surface area contributed by atoms with Gasteiger partial charge >= 0.3 is 11.9 Å². The van der Waals surface area contributed by atoms with Gasteiger partial charge in [0.25, 0.3) is 0 Å². The molecule has 4 aliphatic carbocycles. The van der Waals surface area contributed by atoms with Gasteiger partial charge in [-0.2, -0.15) is 0 Å². The van der Waals surface area contributed by atoms with Gasteiger partial charge in [-0.05, 0) is 105 Å². The smallest absolute Gasteiger partial charge is 0.306 e. The van der Waals surface area contributed by atoms with E-state index in [0.717, 1.165) is 44.1 Å². The molecular formula is C37H58O9. The van der Waals surface area contributed by atoms with Gasteiger partial charge in [-0.3, -0.25) is 9.59 Å². The number of fused-ring (bicyclic) bond motifs is 5. The van der Waals surface area contributed by atoms with E-state index in [4.69, 9.17) is 14.2 Å². The molecule has 0 amide bonds. The second kappa shape index (κ2) is 13.3. The summed E-state index contributed by atoms with van der Waals surface area (Å²) in [6.45, 7) is 18.3. The molecule has 15 unspecified atom stereocenters. The Bertz CT molecular complexity index is 1200. The first-order valence-corrected chi connectivity index (χ1v) is 17.6. The average Bonchev–Trinajstić information content (AvgIpc) is 3.32. The second-order valence-corrected chi connectivity index (χ2v) is 16.2. The minimum atomic E-state index is -1.44. The van der Waals surface area contributed by atoms with Crippen molar-refractivity contribution in [1.82, 2.24) is 0 Å². The minimum Gasteiger partial charge on any atom is -0.481 e. The average molecular weight is 647 g/mol. The van der Waals surface area contributed by atoms with E-state index in [1.807, 2.05) is 0 Å². The zero-order valence-corrected chi connectivity index (χ0v) is 28.9. The normalized spacial score (nSPS) is 46.0. The van der Waals surface area contributed by atoms with Crippen LogP contribution in [0.25, 0.3) is 0 Å². The summed E-state index contributed by atoms with van der Waals surface area (Å²) in [5.41, 5.74) is 2.34. The van der Waals surface area contributed by atoms with Crippen molar-refractivity contribution in [1.29, 1.82) is 0 Å². The van der Waals surface area contributed by atoms with E-state index >= 15 is 0 Å². The number of carbonyl (C=O) groups is 2. The first-order chi connectivity index (χ1) is 21.5. The molecule has 15 atom stereocenters. The molecule has 0 radical (unpaired) electrons. The van der Waals surface area contributed by atoms with Gasteiger partial charge < -0.3 is 34.6 Å². The number of aliphatic carboxylic acids is 1. The molecule has 0 aromatic rings. The van der Waals surface area contributed by atoms with Crippen molar-refractivity contribution in [2.24, 2.45) is 52.3 Å². The van der Waals surface area contributed by atoms with Crippen LogP contribution in [0.4, 0.5) is 0 Å². The number of aliphatic hydroxyl groups excluding tert-OH is 3. The number of carbonyl (C=O) groups excluding carboxylic acids is 1. The zero-order valence-electron chi connectivity index (χ0n) is 28.9. The van der Waals surface area contributed by atoms with Crippen LogP contribution in [-0.4, -0.2) is 75.3 Å². The predicted molar refractivity (Wildman–Crippen MR) is 172 cm³/mol. The number of rotatable bonds is 9. The van der Waals surface area contributed by atoms with E-state index in [-0.39, 0.29) is 34.5 Å². The summed E-state index contributed by atoms with van der Waals surface area (Å²) < 4.78 is 18.1. The first kappa shape index (κ1) is 35.5. The lowest BCUT2D eigenvalue weighted by Gasteiger charge is -2.61. The Morgan fingerprint density at radius 1 is 1.04 bits per heavy atom. The first-order valence-electron chi connectivity index (χ1n) is 17.6. The number of hydrogen-bond acceptors (Lipinski definition) is 8. The van der Waals surface area contributed by atoms with Crippen LogP contribution in [-0.2, 0) is 23.8 Å². The number of carboxylic acids is 1. The Kier molecular flexibility index (Phi) is 10.2. The third-order valence-corrected chi connectivity index (χ3v) is 13.4. The monoisotopic (exact) mass is 646 g/mol. The molecular weight excluding hydrogens is 588 g/mol. The molecule has 4 N–H and O–H groups in total. The second-order valence-electron chi connectivity index (χ2n) is 16.2. The summed E-state index contributed by atoms with van der Waals surface area (Å²) in [5, 5.41) is 41.7. The van der Waals surface area contributed by atoms with E-state index in [9.17, 15) is 30.0 Å². The van der Waals surface area contributed by atoms with Crippen molar-refractivity contribution in [2.75, 3.05) is 0 Å². The van der Waals surface area contributed by atoms with Crippen molar-refractivity contribution in [2.45, 2.75) is 143 Å². The molecule has 0 aromatic carbocycles. The highest BCUT2D eigenvalue weighted by Gasteiger charge is 2.62. The van der Waals surface area contributed by atoms with Gasteiger partial charge in [0.1, 0.15) is 30.5 Å². The molecule has 1 saturated heterocycles. The molecule has 0 spiro atoms. The minimum absolute atomic E-state index is 0.0499. The molecule has 4 fully saturated rings. The van der Waals surface area contributed by atoms with Crippen LogP contribution in [0.15, 0.2) is 23.8 Å². The summed E-state index contributed by atoms with van der Waals surface area (Å²) >= 11 is 0. The number of aliphatic hydroxyl groups is 3. The van der Waals surface area contributed by atoms with Crippen molar-refractivity contribution in [3.05, 3.63) is 23.8 Å². The highest BCUT2D eigenvalue weighted by Crippen LogP contribution is 2.68. The summed E-state index contributed by atoms with van der Waals surface area (Å²) in [6.07, 6.45) is 1.99. The fourth-order valence-electron chi connectivity index (χ4n) is 10.6. The van der Waals surface area contributed by atoms with Gasteiger partial charge in [-0.15, -0.1) is 0 Å². The maximum Gasteiger partial charge on any atom is 0.306 e. The largest absolute Gasteiger partial charge is 0.481 e. The molecule has 5 rings (SSSR count). The van der Waals surface area contributed by atoms with Crippen LogP contribution in [0.2, 0.25) is 0 Å². The standard InChI is InChI=1S/C37H58O9/c1-18(2)19(3)9-10-24(34(42)43)27-14-13-26-23-11-12-25-20(4)33(46-35-32(41)31(40)30(39)21(5)44-35)29(45-22(6)38)17-37(25,8)28(23)15-16-36(26,27)7/h11,18,20-21,24-33,35,39-41H,3,9-10,12-17H2,1-2,4-8H3,(H,42,43). The molecule has 9 heteroatoms. The number of hydrogen-bond donors (Lipinski definition) is 4. The molecule has 5 aliphatic rings. The van der Waals surface area contributed by atoms with Gasteiger partial charge in [0.05, 0.1) is 12.0 Å². The Labute approximate surface area is 274 Å². The lowest BCUT2D eigenvalue weighted by atomic mass is 9.45. The topological polar surface area (TPSA) is 143 Å². The molecule has 0 bridgehead atoms. The fourth-order valence-corrected chi connectivity index (χ4v) is 10.6. The Balaban J connectivity index is 1.39. The van der Waals surface area contributed by atoms with Crippen molar-refractivity contribution < 1.29 is 44.2 Å². The van der Waals surface area contributed by atoms with Crippen molar-refractivity contribution >= 4 is 11.9 Å². The zero-order chi connectivity index (χ0) is 33.9. The third kappa shape index (κ3) is 6.13. The van der Waals surface area contributed by atoms with Gasteiger partial charge in [-0.25, -0.2) is 0 Å². The number of esters is 1. The number of ether oxygens (including phenoxy) is 3. The van der Waals surface area contributed by atoms with E-state index in [1.54, 1.807) is 6.92 Å². The van der Waals surface area contributed by atoms with Crippen LogP contribution in [0.5, 0.6) is 0 Å². The molecule has 3 saturated carbocycles. The maximum absolute atomic E-state index is 12.7. The Morgan fingerprint density at radius 3 is 2.35 bits per heavy atom. The van der Waals surface area contributed by atoms with Crippen molar-refractivity contribution in [3.8, 4) is 0 Å². The Morgan fingerprint density at radius 2 is 1.72 bits per heavy atom. The van der Waals surface area contributed by atoms with Crippen LogP contribution in [0, 0.1) is 52.3 Å². The maximum atomic E-state index is 12.7. The summed E-state index contributed by atoms with van der Waals surface area (Å²) in [4.78, 5) is 25.1. The van der Waals surface area contributed by atoms with Gasteiger partial charge in [0.2, 0.25) is 0 Å². The van der Waals surface area contributed by atoms with E-state index in [0.29, 0.717) is 30.6 Å². The van der Waals surface area contributed by atoms with E-state index in [1.165, 1.54) is 12.5 Å². The predicted octanol–water partition coefficient (Wildman–Crippen LogP) is 5.26. The molecule has 260 valence electrons.